The Morgan fingerprint density at radius 3 is 2.29 bits per heavy atom. The second-order valence-electron chi connectivity index (χ2n) is 4.33. The van der Waals surface area contributed by atoms with E-state index >= 15 is 0 Å². The molecular formula is C11H16O3. The van der Waals surface area contributed by atoms with Crippen LogP contribution in [0.2, 0.25) is 0 Å². The number of hydrogen-bond donors (Lipinski definition) is 2. The molecule has 0 aromatic heterocycles. The largest absolute Gasteiger partial charge is 0.481 e. The first-order valence-electron chi connectivity index (χ1n) is 5.29. The molecule has 2 rings (SSSR count). The molecule has 0 bridgehead atoms. The molecule has 0 aliphatic heterocycles. The maximum absolute atomic E-state index is 10.9. The van der Waals surface area contributed by atoms with Crippen molar-refractivity contribution in [1.29, 1.82) is 0 Å². The summed E-state index contributed by atoms with van der Waals surface area (Å²) in [7, 11) is 0. The van der Waals surface area contributed by atoms with Gasteiger partial charge in [0.1, 0.15) is 0 Å². The summed E-state index contributed by atoms with van der Waals surface area (Å²) >= 11 is 0. The Morgan fingerprint density at radius 2 is 1.71 bits per heavy atom. The van der Waals surface area contributed by atoms with Gasteiger partial charge < -0.3 is 10.2 Å². The van der Waals surface area contributed by atoms with Gasteiger partial charge in [-0.05, 0) is 38.5 Å². The lowest BCUT2D eigenvalue weighted by molar-refractivity contribution is -0.146. The zero-order valence-corrected chi connectivity index (χ0v) is 8.20. The zero-order chi connectivity index (χ0) is 10.1. The molecule has 0 spiro atoms. The number of allylic oxidation sites excluding steroid dienone is 1. The van der Waals surface area contributed by atoms with Crippen LogP contribution in [0.3, 0.4) is 0 Å². The van der Waals surface area contributed by atoms with Crippen molar-refractivity contribution >= 4 is 5.97 Å². The lowest BCUT2D eigenvalue weighted by atomic mass is 9.76. The molecule has 0 fully saturated rings. The summed E-state index contributed by atoms with van der Waals surface area (Å²) in [6, 6.07) is 0. The van der Waals surface area contributed by atoms with Crippen molar-refractivity contribution in [1.82, 2.24) is 0 Å². The van der Waals surface area contributed by atoms with E-state index in [0.717, 1.165) is 12.8 Å². The van der Waals surface area contributed by atoms with Gasteiger partial charge in [-0.25, -0.2) is 0 Å². The third-order valence-electron chi connectivity index (χ3n) is 3.41. The minimum atomic E-state index is -0.852. The second kappa shape index (κ2) is 3.73. The molecule has 0 saturated heterocycles. The van der Waals surface area contributed by atoms with E-state index in [1.54, 1.807) is 0 Å². The fourth-order valence-corrected chi connectivity index (χ4v) is 2.57. The van der Waals surface area contributed by atoms with Gasteiger partial charge in [-0.15, -0.1) is 0 Å². The number of aliphatic hydroxyl groups is 1. The van der Waals surface area contributed by atoms with E-state index in [1.165, 1.54) is 24.0 Å². The van der Waals surface area contributed by atoms with Crippen LogP contribution in [0.5, 0.6) is 0 Å². The van der Waals surface area contributed by atoms with Crippen LogP contribution in [0, 0.1) is 5.92 Å². The quantitative estimate of drug-likeness (QED) is 0.628. The topological polar surface area (TPSA) is 57.5 Å². The van der Waals surface area contributed by atoms with Crippen LogP contribution < -0.4 is 0 Å². The highest BCUT2D eigenvalue weighted by atomic mass is 16.4. The van der Waals surface area contributed by atoms with Crippen LogP contribution >= 0.6 is 0 Å². The van der Waals surface area contributed by atoms with E-state index < -0.39 is 18.0 Å². The Balaban J connectivity index is 2.17. The number of carboxylic acids is 1. The predicted octanol–water partition coefficient (Wildman–Crippen LogP) is 1.71. The van der Waals surface area contributed by atoms with E-state index in [4.69, 9.17) is 5.11 Å². The summed E-state index contributed by atoms with van der Waals surface area (Å²) in [4.78, 5) is 10.9. The van der Waals surface area contributed by atoms with E-state index in [-0.39, 0.29) is 0 Å². The van der Waals surface area contributed by atoms with Crippen molar-refractivity contribution in [2.24, 2.45) is 5.92 Å². The molecule has 2 unspecified atom stereocenters. The maximum atomic E-state index is 10.9. The van der Waals surface area contributed by atoms with Crippen LogP contribution in [-0.4, -0.2) is 22.3 Å². The first kappa shape index (κ1) is 9.71. The SMILES string of the molecule is O=C(O)C1CC2=C(CCCC2)CC1O. The van der Waals surface area contributed by atoms with E-state index in [1.807, 2.05) is 0 Å². The van der Waals surface area contributed by atoms with Gasteiger partial charge in [0, 0.05) is 0 Å². The average Bonchev–Trinajstić information content (AvgIpc) is 2.16. The molecule has 0 amide bonds. The third kappa shape index (κ3) is 1.69. The number of aliphatic carboxylic acids is 1. The molecule has 14 heavy (non-hydrogen) atoms. The molecule has 2 aliphatic carbocycles. The molecule has 2 aliphatic rings. The van der Waals surface area contributed by atoms with Crippen LogP contribution in [0.25, 0.3) is 0 Å². The molecule has 78 valence electrons. The Labute approximate surface area is 83.4 Å². The van der Waals surface area contributed by atoms with Gasteiger partial charge in [-0.2, -0.15) is 0 Å². The Morgan fingerprint density at radius 1 is 1.14 bits per heavy atom. The molecular weight excluding hydrogens is 180 g/mol. The normalized spacial score (nSPS) is 32.6. The summed E-state index contributed by atoms with van der Waals surface area (Å²) in [6.07, 6.45) is 5.00. The molecule has 0 aromatic rings. The number of carbonyl (C=O) groups is 1. The first-order valence-corrected chi connectivity index (χ1v) is 5.29. The summed E-state index contributed by atoms with van der Waals surface area (Å²) < 4.78 is 0. The predicted molar refractivity (Wildman–Crippen MR) is 51.9 cm³/mol. The average molecular weight is 196 g/mol. The molecule has 0 heterocycles. The highest BCUT2D eigenvalue weighted by Gasteiger charge is 2.33. The molecule has 0 saturated carbocycles. The van der Waals surface area contributed by atoms with Crippen molar-refractivity contribution in [3.8, 4) is 0 Å². The van der Waals surface area contributed by atoms with Crippen molar-refractivity contribution in [3.05, 3.63) is 11.1 Å². The number of aliphatic hydroxyl groups excluding tert-OH is 1. The first-order chi connectivity index (χ1) is 6.68. The van der Waals surface area contributed by atoms with E-state index in [0.29, 0.717) is 12.8 Å². The molecule has 3 nitrogen and oxygen atoms in total. The second-order valence-corrected chi connectivity index (χ2v) is 4.33. The third-order valence-corrected chi connectivity index (χ3v) is 3.41. The summed E-state index contributed by atoms with van der Waals surface area (Å²) in [5.74, 6) is -1.42. The van der Waals surface area contributed by atoms with E-state index in [9.17, 15) is 9.90 Å². The standard InChI is InChI=1S/C11H16O3/c12-10-6-8-4-2-1-3-7(8)5-9(10)11(13)14/h9-10,12H,1-6H2,(H,13,14). The van der Waals surface area contributed by atoms with Crippen LogP contribution in [0.15, 0.2) is 11.1 Å². The van der Waals surface area contributed by atoms with Gasteiger partial charge in [-0.1, -0.05) is 11.1 Å². The number of rotatable bonds is 1. The van der Waals surface area contributed by atoms with Gasteiger partial charge >= 0.3 is 5.97 Å². The van der Waals surface area contributed by atoms with Gasteiger partial charge in [-0.3, -0.25) is 4.79 Å². The highest BCUT2D eigenvalue weighted by molar-refractivity contribution is 5.71. The van der Waals surface area contributed by atoms with Gasteiger partial charge in [0.05, 0.1) is 12.0 Å². The van der Waals surface area contributed by atoms with Crippen molar-refractivity contribution in [2.75, 3.05) is 0 Å². The Kier molecular flexibility index (Phi) is 2.59. The summed E-state index contributed by atoms with van der Waals surface area (Å²) in [5.41, 5.74) is 2.65. The minimum absolute atomic E-state index is 0.563. The molecule has 0 radical (unpaired) electrons. The lowest BCUT2D eigenvalue weighted by Crippen LogP contribution is -2.33. The van der Waals surface area contributed by atoms with E-state index in [2.05, 4.69) is 0 Å². The summed E-state index contributed by atoms with van der Waals surface area (Å²) in [5, 5.41) is 18.6. The Hall–Kier alpha value is -0.830. The van der Waals surface area contributed by atoms with Gasteiger partial charge in [0.2, 0.25) is 0 Å². The molecule has 2 N–H and O–H groups in total. The molecule has 0 aromatic carbocycles. The number of hydrogen-bond acceptors (Lipinski definition) is 2. The monoisotopic (exact) mass is 196 g/mol. The minimum Gasteiger partial charge on any atom is -0.481 e. The number of carboxylic acid groups (broad SMARTS) is 1. The van der Waals surface area contributed by atoms with Crippen molar-refractivity contribution in [3.63, 3.8) is 0 Å². The smallest absolute Gasteiger partial charge is 0.309 e. The fourth-order valence-electron chi connectivity index (χ4n) is 2.57. The van der Waals surface area contributed by atoms with Gasteiger partial charge in [0.15, 0.2) is 0 Å². The van der Waals surface area contributed by atoms with Crippen LogP contribution in [0.1, 0.15) is 38.5 Å². The van der Waals surface area contributed by atoms with Crippen LogP contribution in [0.4, 0.5) is 0 Å². The van der Waals surface area contributed by atoms with Gasteiger partial charge in [0.25, 0.3) is 0 Å². The maximum Gasteiger partial charge on any atom is 0.309 e. The molecule has 3 heteroatoms. The zero-order valence-electron chi connectivity index (χ0n) is 8.20. The molecule has 2 atom stereocenters. The van der Waals surface area contributed by atoms with Crippen molar-refractivity contribution < 1.29 is 15.0 Å². The summed E-state index contributed by atoms with van der Waals surface area (Å²) in [6.45, 7) is 0. The highest BCUT2D eigenvalue weighted by Crippen LogP contribution is 2.38. The fraction of sp³-hybridized carbons (Fsp3) is 0.727. The van der Waals surface area contributed by atoms with Crippen LogP contribution in [-0.2, 0) is 4.79 Å². The van der Waals surface area contributed by atoms with Crippen molar-refractivity contribution in [2.45, 2.75) is 44.6 Å². The lowest BCUT2D eigenvalue weighted by Gasteiger charge is -2.31. The Bertz CT molecular complexity index is 280.